The van der Waals surface area contributed by atoms with Crippen molar-refractivity contribution in [3.05, 3.63) is 29.4 Å². The van der Waals surface area contributed by atoms with E-state index in [-0.39, 0.29) is 5.91 Å². The summed E-state index contributed by atoms with van der Waals surface area (Å²) < 4.78 is 1.78. The molecular weight excluding hydrogens is 262 g/mol. The quantitative estimate of drug-likeness (QED) is 0.915. The lowest BCUT2D eigenvalue weighted by molar-refractivity contribution is -0.121. The van der Waals surface area contributed by atoms with Crippen molar-refractivity contribution < 1.29 is 4.79 Å². The molecule has 4 nitrogen and oxygen atoms in total. The number of amides is 1. The highest BCUT2D eigenvalue weighted by Crippen LogP contribution is 2.22. The molecule has 1 heterocycles. The Kier molecular flexibility index (Phi) is 4.43. The number of hydrogen-bond acceptors (Lipinski definition) is 2. The summed E-state index contributed by atoms with van der Waals surface area (Å²) >= 11 is 6.06. The largest absolute Gasteiger partial charge is 0.356 e. The molecule has 0 aliphatic heterocycles. The summed E-state index contributed by atoms with van der Waals surface area (Å²) in [6.07, 6.45) is 0.411. The number of fused-ring (bicyclic) bond motifs is 1. The molecule has 0 saturated heterocycles. The van der Waals surface area contributed by atoms with Gasteiger partial charge in [0, 0.05) is 18.4 Å². The molecule has 102 valence electrons. The van der Waals surface area contributed by atoms with Crippen LogP contribution in [0.15, 0.2) is 24.3 Å². The first-order valence-corrected chi connectivity index (χ1v) is 6.83. The van der Waals surface area contributed by atoms with Gasteiger partial charge in [-0.3, -0.25) is 9.48 Å². The van der Waals surface area contributed by atoms with E-state index in [1.165, 1.54) is 0 Å². The molecule has 0 bridgehead atoms. The van der Waals surface area contributed by atoms with Gasteiger partial charge in [-0.05, 0) is 18.1 Å². The maximum absolute atomic E-state index is 11.7. The van der Waals surface area contributed by atoms with Gasteiger partial charge in [-0.15, -0.1) is 0 Å². The number of halogens is 1. The topological polar surface area (TPSA) is 46.9 Å². The summed E-state index contributed by atoms with van der Waals surface area (Å²) in [7, 11) is 0. The number of benzene rings is 1. The molecule has 1 N–H and O–H groups in total. The Balaban J connectivity index is 2.00. The Morgan fingerprint density at radius 3 is 2.89 bits per heavy atom. The number of rotatable bonds is 5. The summed E-state index contributed by atoms with van der Waals surface area (Å²) in [5, 5.41) is 8.56. The number of carbonyl (C=O) groups is 1. The van der Waals surface area contributed by atoms with Gasteiger partial charge >= 0.3 is 0 Å². The van der Waals surface area contributed by atoms with Crippen LogP contribution in [0.1, 0.15) is 20.3 Å². The van der Waals surface area contributed by atoms with E-state index in [4.69, 9.17) is 11.6 Å². The van der Waals surface area contributed by atoms with Crippen LogP contribution >= 0.6 is 11.6 Å². The molecule has 2 rings (SSSR count). The average Bonchev–Trinajstić information content (AvgIpc) is 2.71. The van der Waals surface area contributed by atoms with Crippen molar-refractivity contribution in [1.29, 1.82) is 0 Å². The molecule has 2 aromatic rings. The molecular formula is C14H18ClN3O. The van der Waals surface area contributed by atoms with Gasteiger partial charge in [0.1, 0.15) is 0 Å². The number of para-hydroxylation sites is 1. The predicted octanol–water partition coefficient (Wildman–Crippen LogP) is 2.85. The van der Waals surface area contributed by atoms with E-state index in [9.17, 15) is 4.79 Å². The van der Waals surface area contributed by atoms with Gasteiger partial charge < -0.3 is 5.32 Å². The summed E-state index contributed by atoms with van der Waals surface area (Å²) in [6, 6.07) is 7.76. The normalized spacial score (nSPS) is 11.2. The summed E-state index contributed by atoms with van der Waals surface area (Å²) in [4.78, 5) is 11.7. The van der Waals surface area contributed by atoms with Crippen molar-refractivity contribution in [1.82, 2.24) is 15.1 Å². The fourth-order valence-electron chi connectivity index (χ4n) is 1.87. The first-order chi connectivity index (χ1) is 9.08. The molecule has 0 fully saturated rings. The zero-order chi connectivity index (χ0) is 13.8. The molecule has 0 spiro atoms. The van der Waals surface area contributed by atoms with Crippen LogP contribution < -0.4 is 5.32 Å². The summed E-state index contributed by atoms with van der Waals surface area (Å²) in [6.45, 7) is 5.39. The van der Waals surface area contributed by atoms with Crippen LogP contribution in [0.25, 0.3) is 10.9 Å². The standard InChI is InChI=1S/C14H18ClN3O/c1-10(2)9-16-13(19)7-8-18-12-6-4-3-5-11(12)14(15)17-18/h3-6,10H,7-9H2,1-2H3,(H,16,19). The predicted molar refractivity (Wildman–Crippen MR) is 77.2 cm³/mol. The maximum atomic E-state index is 11.7. The summed E-state index contributed by atoms with van der Waals surface area (Å²) in [5.41, 5.74) is 0.962. The highest BCUT2D eigenvalue weighted by molar-refractivity contribution is 6.34. The molecule has 0 saturated carbocycles. The monoisotopic (exact) mass is 279 g/mol. The molecule has 0 atom stereocenters. The van der Waals surface area contributed by atoms with E-state index < -0.39 is 0 Å². The van der Waals surface area contributed by atoms with Crippen molar-refractivity contribution in [3.8, 4) is 0 Å². The minimum Gasteiger partial charge on any atom is -0.356 e. The third-order valence-electron chi connectivity index (χ3n) is 2.87. The van der Waals surface area contributed by atoms with Crippen LogP contribution in [0.5, 0.6) is 0 Å². The Morgan fingerprint density at radius 1 is 1.42 bits per heavy atom. The van der Waals surface area contributed by atoms with E-state index in [0.717, 1.165) is 10.9 Å². The number of hydrogen-bond donors (Lipinski definition) is 1. The van der Waals surface area contributed by atoms with Crippen molar-refractivity contribution >= 4 is 28.4 Å². The van der Waals surface area contributed by atoms with E-state index in [0.29, 0.717) is 30.6 Å². The van der Waals surface area contributed by atoms with Crippen LogP contribution in [-0.4, -0.2) is 22.2 Å². The second kappa shape index (κ2) is 6.06. The molecule has 1 amide bonds. The third-order valence-corrected chi connectivity index (χ3v) is 3.15. The van der Waals surface area contributed by atoms with Gasteiger partial charge in [0.25, 0.3) is 0 Å². The fraction of sp³-hybridized carbons (Fsp3) is 0.429. The Labute approximate surface area is 117 Å². The Hall–Kier alpha value is -1.55. The van der Waals surface area contributed by atoms with Crippen molar-refractivity contribution in [2.45, 2.75) is 26.8 Å². The third kappa shape index (κ3) is 3.47. The minimum absolute atomic E-state index is 0.0457. The molecule has 0 aliphatic rings. The highest BCUT2D eigenvalue weighted by atomic mass is 35.5. The van der Waals surface area contributed by atoms with Gasteiger partial charge in [-0.25, -0.2) is 0 Å². The number of nitrogens with zero attached hydrogens (tertiary/aromatic N) is 2. The van der Waals surface area contributed by atoms with E-state index in [1.54, 1.807) is 4.68 Å². The van der Waals surface area contributed by atoms with Crippen LogP contribution in [0, 0.1) is 5.92 Å². The number of aromatic nitrogens is 2. The molecule has 0 unspecified atom stereocenters. The molecule has 1 aromatic carbocycles. The molecule has 5 heteroatoms. The zero-order valence-corrected chi connectivity index (χ0v) is 11.9. The smallest absolute Gasteiger partial charge is 0.221 e. The lowest BCUT2D eigenvalue weighted by atomic mass is 10.2. The van der Waals surface area contributed by atoms with Gasteiger partial charge in [0.05, 0.1) is 12.1 Å². The molecule has 1 aromatic heterocycles. The lowest BCUT2D eigenvalue weighted by Crippen LogP contribution is -2.28. The van der Waals surface area contributed by atoms with E-state index >= 15 is 0 Å². The van der Waals surface area contributed by atoms with Gasteiger partial charge in [-0.2, -0.15) is 5.10 Å². The maximum Gasteiger partial charge on any atom is 0.221 e. The number of carbonyl (C=O) groups excluding carboxylic acids is 1. The van der Waals surface area contributed by atoms with Crippen molar-refractivity contribution in [3.63, 3.8) is 0 Å². The first-order valence-electron chi connectivity index (χ1n) is 6.45. The second-order valence-electron chi connectivity index (χ2n) is 4.98. The fourth-order valence-corrected chi connectivity index (χ4v) is 2.12. The van der Waals surface area contributed by atoms with Crippen molar-refractivity contribution in [2.24, 2.45) is 5.92 Å². The Morgan fingerprint density at radius 2 is 2.16 bits per heavy atom. The van der Waals surface area contributed by atoms with Gasteiger partial charge in [0.15, 0.2) is 5.15 Å². The van der Waals surface area contributed by atoms with Crippen LogP contribution in [-0.2, 0) is 11.3 Å². The van der Waals surface area contributed by atoms with Crippen LogP contribution in [0.2, 0.25) is 5.15 Å². The first kappa shape index (κ1) is 13.9. The number of nitrogens with one attached hydrogen (secondary N) is 1. The SMILES string of the molecule is CC(C)CNC(=O)CCn1nc(Cl)c2ccccc21. The average molecular weight is 280 g/mol. The van der Waals surface area contributed by atoms with E-state index in [1.807, 2.05) is 24.3 Å². The lowest BCUT2D eigenvalue weighted by Gasteiger charge is -2.08. The molecule has 0 radical (unpaired) electrons. The molecule has 19 heavy (non-hydrogen) atoms. The van der Waals surface area contributed by atoms with Crippen molar-refractivity contribution in [2.75, 3.05) is 6.54 Å². The zero-order valence-electron chi connectivity index (χ0n) is 11.2. The van der Waals surface area contributed by atoms with Gasteiger partial charge in [0.2, 0.25) is 5.91 Å². The van der Waals surface area contributed by atoms with Crippen LogP contribution in [0.4, 0.5) is 0 Å². The van der Waals surface area contributed by atoms with Gasteiger partial charge in [-0.1, -0.05) is 37.6 Å². The summed E-state index contributed by atoms with van der Waals surface area (Å²) in [5.74, 6) is 0.508. The second-order valence-corrected chi connectivity index (χ2v) is 5.34. The highest BCUT2D eigenvalue weighted by Gasteiger charge is 2.09. The molecule has 0 aliphatic carbocycles. The van der Waals surface area contributed by atoms with Crippen LogP contribution in [0.3, 0.4) is 0 Å². The Bertz CT molecular complexity index is 577. The van der Waals surface area contributed by atoms with E-state index in [2.05, 4.69) is 24.3 Å². The number of aryl methyl sites for hydroxylation is 1. The minimum atomic E-state index is 0.0457.